The van der Waals surface area contributed by atoms with E-state index >= 15 is 0 Å². The number of hydrogen-bond acceptors (Lipinski definition) is 0. The molecule has 0 aromatic carbocycles. The van der Waals surface area contributed by atoms with Crippen LogP contribution < -0.4 is 0 Å². The first kappa shape index (κ1) is 32.1. The van der Waals surface area contributed by atoms with Gasteiger partial charge in [-0.25, -0.2) is 0 Å². The molecule has 0 nitrogen and oxygen atoms in total. The van der Waals surface area contributed by atoms with Crippen LogP contribution in [0.3, 0.4) is 0 Å². The molecule has 20 heavy (non-hydrogen) atoms. The van der Waals surface area contributed by atoms with Gasteiger partial charge in [-0.3, -0.25) is 0 Å². The molecule has 0 atom stereocenters. The van der Waals surface area contributed by atoms with Crippen LogP contribution in [-0.4, -0.2) is 0 Å². The maximum absolute atomic E-state index is 2.26. The van der Waals surface area contributed by atoms with Crippen LogP contribution in [0, 0.1) is 0 Å². The predicted octanol–water partition coefficient (Wildman–Crippen LogP) is 9.03. The summed E-state index contributed by atoms with van der Waals surface area (Å²) in [5, 5.41) is 0. The van der Waals surface area contributed by atoms with E-state index in [0.29, 0.717) is 0 Å². The molecule has 0 saturated carbocycles. The second-order valence-electron chi connectivity index (χ2n) is 4.83. The van der Waals surface area contributed by atoms with E-state index in [1.165, 1.54) is 64.2 Å². The highest BCUT2D eigenvalue weighted by atomic mass is 13.9. The van der Waals surface area contributed by atoms with E-state index in [4.69, 9.17) is 0 Å². The van der Waals surface area contributed by atoms with E-state index in [1.54, 1.807) is 0 Å². The fraction of sp³-hybridized carbons (Fsp3) is 1.00. The summed E-state index contributed by atoms with van der Waals surface area (Å²) >= 11 is 0. The molecule has 0 rings (SSSR count). The van der Waals surface area contributed by atoms with Crippen molar-refractivity contribution < 1.29 is 0 Å². The minimum atomic E-state index is 1.25. The van der Waals surface area contributed by atoms with Crippen molar-refractivity contribution in [2.45, 2.75) is 133 Å². The molecule has 0 bridgehead atoms. The van der Waals surface area contributed by atoms with Gasteiger partial charge in [0.1, 0.15) is 0 Å². The molecule has 0 N–H and O–H groups in total. The summed E-state index contributed by atoms with van der Waals surface area (Å²) in [7, 11) is 0. The molecule has 0 spiro atoms. The van der Waals surface area contributed by atoms with Crippen molar-refractivity contribution in [3.05, 3.63) is 0 Å². The van der Waals surface area contributed by atoms with E-state index in [-0.39, 0.29) is 0 Å². The average molecular weight is 291 g/mol. The Kier molecular flexibility index (Phi) is 98.8. The molecule has 0 radical (unpaired) electrons. The normalized spacial score (nSPS) is 7.50. The van der Waals surface area contributed by atoms with Gasteiger partial charge in [0.25, 0.3) is 0 Å². The minimum Gasteiger partial charge on any atom is -0.0683 e. The Hall–Kier alpha value is 0. The third kappa shape index (κ3) is 144. The molecule has 130 valence electrons. The molecular formula is C20H50. The molecule has 0 unspecified atom stereocenters. The van der Waals surface area contributed by atoms with Gasteiger partial charge in [0.05, 0.1) is 0 Å². The lowest BCUT2D eigenvalue weighted by molar-refractivity contribution is 0.624. The summed E-state index contributed by atoms with van der Waals surface area (Å²) in [6.07, 6.45) is 13.6. The largest absolute Gasteiger partial charge is 0.0683 e. The van der Waals surface area contributed by atoms with Crippen molar-refractivity contribution >= 4 is 0 Å². The summed E-state index contributed by atoms with van der Waals surface area (Å²) in [5.41, 5.74) is 0. The van der Waals surface area contributed by atoms with Crippen LogP contribution >= 0.6 is 0 Å². The van der Waals surface area contributed by atoms with Gasteiger partial charge in [0.15, 0.2) is 0 Å². The van der Waals surface area contributed by atoms with Gasteiger partial charge >= 0.3 is 0 Å². The molecule has 0 aromatic rings. The summed E-state index contributed by atoms with van der Waals surface area (Å²) in [6, 6.07) is 0. The molecule has 0 amide bonds. The van der Waals surface area contributed by atoms with Crippen LogP contribution in [0.2, 0.25) is 0 Å². The van der Waals surface area contributed by atoms with Gasteiger partial charge in [-0.1, -0.05) is 133 Å². The van der Waals surface area contributed by atoms with Crippen LogP contribution in [-0.2, 0) is 0 Å². The molecule has 0 saturated heterocycles. The van der Waals surface area contributed by atoms with E-state index < -0.39 is 0 Å². The van der Waals surface area contributed by atoms with Crippen LogP contribution in [0.1, 0.15) is 133 Å². The molecule has 0 aliphatic rings. The maximum atomic E-state index is 2.26. The Bertz CT molecular complexity index is 56.4. The fourth-order valence-corrected chi connectivity index (χ4v) is 0.854. The van der Waals surface area contributed by atoms with Crippen LogP contribution in [0.15, 0.2) is 0 Å². The summed E-state index contributed by atoms with van der Waals surface area (Å²) in [6.45, 7) is 21.4. The zero-order valence-corrected chi connectivity index (χ0v) is 17.1. The maximum Gasteiger partial charge on any atom is -0.0533 e. The summed E-state index contributed by atoms with van der Waals surface area (Å²) in [5.74, 6) is 0. The minimum absolute atomic E-state index is 1.25. The number of hydrogen-bond donors (Lipinski definition) is 0. The first-order valence-electron chi connectivity index (χ1n) is 9.66. The molecule has 0 aliphatic heterocycles. The average Bonchev–Trinajstić information content (AvgIpc) is 2.48. The van der Waals surface area contributed by atoms with E-state index in [9.17, 15) is 0 Å². The third-order valence-corrected chi connectivity index (χ3v) is 1.96. The smallest absolute Gasteiger partial charge is 0.0533 e. The summed E-state index contributed by atoms with van der Waals surface area (Å²) < 4.78 is 0. The van der Waals surface area contributed by atoms with E-state index in [0.717, 1.165) is 0 Å². The third-order valence-electron chi connectivity index (χ3n) is 1.96. The highest BCUT2D eigenvalue weighted by Gasteiger charge is 1.83. The SMILES string of the molecule is CC.CCC.CCC.CCCC.CCCCCCCC. The number of rotatable bonds is 6. The van der Waals surface area contributed by atoms with E-state index in [2.05, 4.69) is 55.4 Å². The molecular weight excluding hydrogens is 240 g/mol. The summed E-state index contributed by atoms with van der Waals surface area (Å²) in [4.78, 5) is 0. The quantitative estimate of drug-likeness (QED) is 0.428. The Morgan fingerprint density at radius 1 is 0.350 bits per heavy atom. The highest BCUT2D eigenvalue weighted by molar-refractivity contribution is 4.39. The van der Waals surface area contributed by atoms with Gasteiger partial charge in [-0.15, -0.1) is 0 Å². The Labute approximate surface area is 134 Å². The van der Waals surface area contributed by atoms with Gasteiger partial charge < -0.3 is 0 Å². The molecule has 0 aliphatic carbocycles. The van der Waals surface area contributed by atoms with Gasteiger partial charge in [0, 0.05) is 0 Å². The first-order chi connectivity index (χ1) is 9.66. The molecule has 0 aromatic heterocycles. The first-order valence-corrected chi connectivity index (χ1v) is 9.66. The highest BCUT2D eigenvalue weighted by Crippen LogP contribution is 2.03. The van der Waals surface area contributed by atoms with Crippen molar-refractivity contribution in [1.29, 1.82) is 0 Å². The lowest BCUT2D eigenvalue weighted by Crippen LogP contribution is -1.73. The molecule has 0 fully saturated rings. The van der Waals surface area contributed by atoms with Crippen LogP contribution in [0.25, 0.3) is 0 Å². The lowest BCUT2D eigenvalue weighted by Gasteiger charge is -1.93. The predicted molar refractivity (Wildman–Crippen MR) is 103 cm³/mol. The lowest BCUT2D eigenvalue weighted by atomic mass is 10.1. The number of unbranched alkanes of at least 4 members (excludes halogenated alkanes) is 6. The standard InChI is InChI=1S/C8H18.C4H10.2C3H8.C2H6/c1-3-5-7-8-6-4-2;1-3-4-2;2*1-3-2;1-2/h3-8H2,1-2H3;3-4H2,1-2H3;2*3H2,1-2H3;1-2H3. The molecule has 0 heteroatoms. The van der Waals surface area contributed by atoms with Crippen molar-refractivity contribution in [2.75, 3.05) is 0 Å². The monoisotopic (exact) mass is 290 g/mol. The van der Waals surface area contributed by atoms with Crippen molar-refractivity contribution in [2.24, 2.45) is 0 Å². The second kappa shape index (κ2) is 61.6. The van der Waals surface area contributed by atoms with Gasteiger partial charge in [0.2, 0.25) is 0 Å². The van der Waals surface area contributed by atoms with E-state index in [1.807, 2.05) is 13.8 Å². The van der Waals surface area contributed by atoms with Crippen molar-refractivity contribution in [3.8, 4) is 0 Å². The topological polar surface area (TPSA) is 0 Å². The van der Waals surface area contributed by atoms with Crippen molar-refractivity contribution in [3.63, 3.8) is 0 Å². The van der Waals surface area contributed by atoms with Crippen LogP contribution in [0.5, 0.6) is 0 Å². The Balaban J connectivity index is -0.0000000531. The Morgan fingerprint density at radius 3 is 0.650 bits per heavy atom. The zero-order chi connectivity index (χ0) is 17.1. The molecule has 0 heterocycles. The Morgan fingerprint density at radius 2 is 0.550 bits per heavy atom. The zero-order valence-electron chi connectivity index (χ0n) is 17.1. The van der Waals surface area contributed by atoms with Gasteiger partial charge in [-0.05, 0) is 0 Å². The fourth-order valence-electron chi connectivity index (χ4n) is 0.854. The second-order valence-corrected chi connectivity index (χ2v) is 4.83. The van der Waals surface area contributed by atoms with Crippen molar-refractivity contribution in [1.82, 2.24) is 0 Å². The van der Waals surface area contributed by atoms with Crippen LogP contribution in [0.4, 0.5) is 0 Å². The van der Waals surface area contributed by atoms with Gasteiger partial charge in [-0.2, -0.15) is 0 Å².